The molecule has 1 aromatic rings. The molecule has 0 radical (unpaired) electrons. The summed E-state index contributed by atoms with van der Waals surface area (Å²) >= 11 is 0. The van der Waals surface area contributed by atoms with Gasteiger partial charge in [0.1, 0.15) is 17.6 Å². The zero-order valence-electron chi connectivity index (χ0n) is 9.75. The third kappa shape index (κ3) is 3.34. The van der Waals surface area contributed by atoms with E-state index in [1.807, 2.05) is 6.92 Å². The number of nitrogens with zero attached hydrogens (tertiary/aromatic N) is 2. The molecule has 1 heterocycles. The van der Waals surface area contributed by atoms with Gasteiger partial charge in [0.05, 0.1) is 5.56 Å². The fourth-order valence-corrected chi connectivity index (χ4v) is 1.34. The van der Waals surface area contributed by atoms with Gasteiger partial charge in [-0.25, -0.2) is 4.98 Å². The second kappa shape index (κ2) is 5.69. The van der Waals surface area contributed by atoms with E-state index in [2.05, 4.69) is 10.3 Å². The first-order valence-corrected chi connectivity index (χ1v) is 5.37. The van der Waals surface area contributed by atoms with Gasteiger partial charge in [-0.3, -0.25) is 0 Å². The molecule has 0 aliphatic rings. The van der Waals surface area contributed by atoms with Crippen LogP contribution in [0.3, 0.4) is 0 Å². The Kier molecular flexibility index (Phi) is 4.50. The van der Waals surface area contributed by atoms with Crippen LogP contribution in [-0.4, -0.2) is 17.6 Å². The van der Waals surface area contributed by atoms with Gasteiger partial charge in [-0.05, 0) is 18.6 Å². The molecule has 4 nitrogen and oxygen atoms in total. The van der Waals surface area contributed by atoms with E-state index in [9.17, 15) is 13.2 Å². The van der Waals surface area contributed by atoms with Gasteiger partial charge in [0.25, 0.3) is 0 Å². The van der Waals surface area contributed by atoms with Crippen molar-refractivity contribution in [2.45, 2.75) is 25.6 Å². The molecule has 1 rings (SSSR count). The molecule has 1 unspecified atom stereocenters. The summed E-state index contributed by atoms with van der Waals surface area (Å²) in [6.07, 6.45) is -3.91. The van der Waals surface area contributed by atoms with Crippen molar-refractivity contribution in [1.29, 1.82) is 5.26 Å². The topological polar surface area (TPSA) is 74.7 Å². The summed E-state index contributed by atoms with van der Waals surface area (Å²) in [5.74, 6) is -0.0791. The Morgan fingerprint density at radius 1 is 1.50 bits per heavy atom. The molecule has 0 saturated heterocycles. The Bertz CT molecular complexity index is 447. The fourth-order valence-electron chi connectivity index (χ4n) is 1.34. The van der Waals surface area contributed by atoms with Gasteiger partial charge in [-0.15, -0.1) is 0 Å². The molecule has 0 fully saturated rings. The number of nitrogens with two attached hydrogens (primary N) is 1. The predicted molar refractivity (Wildman–Crippen MR) is 60.7 cm³/mol. The first-order valence-electron chi connectivity index (χ1n) is 5.37. The van der Waals surface area contributed by atoms with Gasteiger partial charge in [-0.1, -0.05) is 6.92 Å². The van der Waals surface area contributed by atoms with Crippen LogP contribution in [0.25, 0.3) is 0 Å². The maximum absolute atomic E-state index is 12.5. The van der Waals surface area contributed by atoms with Crippen LogP contribution < -0.4 is 11.1 Å². The predicted octanol–water partition coefficient (Wildman–Crippen LogP) is 2.12. The maximum Gasteiger partial charge on any atom is 0.433 e. The monoisotopic (exact) mass is 258 g/mol. The molecule has 0 spiro atoms. The van der Waals surface area contributed by atoms with E-state index in [4.69, 9.17) is 11.0 Å². The van der Waals surface area contributed by atoms with E-state index < -0.39 is 11.9 Å². The number of pyridine rings is 1. The van der Waals surface area contributed by atoms with Crippen LogP contribution in [0.2, 0.25) is 0 Å². The minimum Gasteiger partial charge on any atom is -0.365 e. The lowest BCUT2D eigenvalue weighted by molar-refractivity contribution is -0.141. The third-order valence-electron chi connectivity index (χ3n) is 2.42. The highest BCUT2D eigenvalue weighted by molar-refractivity contribution is 5.53. The minimum atomic E-state index is -4.53. The standard InChI is InChI=1S/C11H13F3N4/c1-2-8(6-16)17-10-7(5-15)3-4-9(18-10)11(12,13)14/h3-4,8H,2,6,16H2,1H3,(H,17,18). The maximum atomic E-state index is 12.5. The van der Waals surface area contributed by atoms with Crippen molar-refractivity contribution in [2.75, 3.05) is 11.9 Å². The summed E-state index contributed by atoms with van der Waals surface area (Å²) in [6, 6.07) is 3.46. The molecule has 0 aromatic carbocycles. The molecule has 0 aliphatic carbocycles. The second-order valence-electron chi connectivity index (χ2n) is 3.69. The van der Waals surface area contributed by atoms with Gasteiger partial charge >= 0.3 is 6.18 Å². The van der Waals surface area contributed by atoms with Crippen molar-refractivity contribution in [3.05, 3.63) is 23.4 Å². The zero-order valence-corrected chi connectivity index (χ0v) is 9.75. The van der Waals surface area contributed by atoms with Gasteiger partial charge < -0.3 is 11.1 Å². The lowest BCUT2D eigenvalue weighted by Gasteiger charge is -2.17. The molecule has 0 bridgehead atoms. The van der Waals surface area contributed by atoms with Crippen LogP contribution in [-0.2, 0) is 6.18 Å². The number of nitrogens with one attached hydrogen (secondary N) is 1. The summed E-state index contributed by atoms with van der Waals surface area (Å²) in [5.41, 5.74) is 4.48. The lowest BCUT2D eigenvalue weighted by Crippen LogP contribution is -2.29. The van der Waals surface area contributed by atoms with E-state index in [1.165, 1.54) is 0 Å². The van der Waals surface area contributed by atoms with Gasteiger partial charge in [0.15, 0.2) is 0 Å². The highest BCUT2D eigenvalue weighted by Crippen LogP contribution is 2.29. The van der Waals surface area contributed by atoms with E-state index in [0.717, 1.165) is 12.1 Å². The van der Waals surface area contributed by atoms with Crippen molar-refractivity contribution >= 4 is 5.82 Å². The number of rotatable bonds is 4. The largest absolute Gasteiger partial charge is 0.433 e. The number of anilines is 1. The summed E-state index contributed by atoms with van der Waals surface area (Å²) in [5, 5.41) is 11.6. The molecule has 0 aliphatic heterocycles. The number of aromatic nitrogens is 1. The number of hydrogen-bond donors (Lipinski definition) is 2. The van der Waals surface area contributed by atoms with Crippen molar-refractivity contribution in [3.8, 4) is 6.07 Å². The minimum absolute atomic E-state index is 0.0647. The van der Waals surface area contributed by atoms with E-state index >= 15 is 0 Å². The quantitative estimate of drug-likeness (QED) is 0.867. The van der Waals surface area contributed by atoms with Crippen LogP contribution in [0, 0.1) is 11.3 Å². The molecule has 0 amide bonds. The van der Waals surface area contributed by atoms with E-state index in [-0.39, 0.29) is 24.0 Å². The fraction of sp³-hybridized carbons (Fsp3) is 0.455. The third-order valence-corrected chi connectivity index (χ3v) is 2.42. The first kappa shape index (κ1) is 14.3. The molecule has 3 N–H and O–H groups in total. The number of halogens is 3. The molecule has 1 atom stereocenters. The Hall–Kier alpha value is -1.81. The van der Waals surface area contributed by atoms with Crippen molar-refractivity contribution < 1.29 is 13.2 Å². The zero-order chi connectivity index (χ0) is 13.8. The van der Waals surface area contributed by atoms with Crippen LogP contribution >= 0.6 is 0 Å². The summed E-state index contributed by atoms with van der Waals surface area (Å²) < 4.78 is 37.5. The normalized spacial score (nSPS) is 12.9. The highest BCUT2D eigenvalue weighted by Gasteiger charge is 2.33. The molecule has 1 aromatic heterocycles. The Labute approximate surface area is 103 Å². The number of hydrogen-bond acceptors (Lipinski definition) is 4. The first-order chi connectivity index (χ1) is 8.42. The Morgan fingerprint density at radius 2 is 2.17 bits per heavy atom. The number of alkyl halides is 3. The van der Waals surface area contributed by atoms with Crippen LogP contribution in [0.5, 0.6) is 0 Å². The van der Waals surface area contributed by atoms with Crippen LogP contribution in [0.4, 0.5) is 19.0 Å². The highest BCUT2D eigenvalue weighted by atomic mass is 19.4. The summed E-state index contributed by atoms with van der Waals surface area (Å²) in [6.45, 7) is 2.09. The smallest absolute Gasteiger partial charge is 0.365 e. The van der Waals surface area contributed by atoms with Crippen LogP contribution in [0.1, 0.15) is 24.6 Å². The molecule has 0 saturated carbocycles. The lowest BCUT2D eigenvalue weighted by atomic mass is 10.2. The van der Waals surface area contributed by atoms with Crippen molar-refractivity contribution in [2.24, 2.45) is 5.73 Å². The summed E-state index contributed by atoms with van der Waals surface area (Å²) in [4.78, 5) is 3.44. The SMILES string of the molecule is CCC(CN)Nc1nc(C(F)(F)F)ccc1C#N. The van der Waals surface area contributed by atoms with E-state index in [1.54, 1.807) is 6.07 Å². The summed E-state index contributed by atoms with van der Waals surface area (Å²) in [7, 11) is 0. The van der Waals surface area contributed by atoms with Crippen molar-refractivity contribution in [3.63, 3.8) is 0 Å². The van der Waals surface area contributed by atoms with Crippen molar-refractivity contribution in [1.82, 2.24) is 4.98 Å². The second-order valence-corrected chi connectivity index (χ2v) is 3.69. The van der Waals surface area contributed by atoms with E-state index in [0.29, 0.717) is 6.42 Å². The molecule has 7 heteroatoms. The van der Waals surface area contributed by atoms with Gasteiger partial charge in [0, 0.05) is 12.6 Å². The molecular weight excluding hydrogens is 245 g/mol. The Morgan fingerprint density at radius 3 is 2.61 bits per heavy atom. The van der Waals surface area contributed by atoms with Gasteiger partial charge in [0.2, 0.25) is 0 Å². The average molecular weight is 258 g/mol. The molecular formula is C11H13F3N4. The number of nitriles is 1. The molecule has 98 valence electrons. The molecule has 18 heavy (non-hydrogen) atoms. The average Bonchev–Trinajstić information content (AvgIpc) is 2.34. The van der Waals surface area contributed by atoms with Gasteiger partial charge in [-0.2, -0.15) is 18.4 Å². The van der Waals surface area contributed by atoms with Crippen LogP contribution in [0.15, 0.2) is 12.1 Å². The Balaban J connectivity index is 3.11.